The molecule has 136 valence electrons. The molecule has 3 heterocycles. The van der Waals surface area contributed by atoms with Gasteiger partial charge in [-0.3, -0.25) is 14.7 Å². The number of carbonyl (C=O) groups is 1. The Balaban J connectivity index is 1.48. The van der Waals surface area contributed by atoms with Crippen molar-refractivity contribution in [2.75, 3.05) is 45.2 Å². The Kier molecular flexibility index (Phi) is 5.91. The van der Waals surface area contributed by atoms with Crippen LogP contribution in [0.15, 0.2) is 43.0 Å². The number of nitrogens with zero attached hydrogens (tertiary/aromatic N) is 6. The summed E-state index contributed by atoms with van der Waals surface area (Å²) in [5.41, 5.74) is 2.02. The topological polar surface area (TPSA) is 65.5 Å². The van der Waals surface area contributed by atoms with E-state index >= 15 is 0 Å². The third-order valence-electron chi connectivity index (χ3n) is 4.29. The molecule has 1 fully saturated rings. The van der Waals surface area contributed by atoms with E-state index in [0.29, 0.717) is 5.95 Å². The SMILES string of the molecule is CN(C)c1ncc(/C=C/C(=O)N2CCN(Cc3cccnc3)CC2)cn1. The van der Waals surface area contributed by atoms with E-state index in [1.807, 2.05) is 36.2 Å². The largest absolute Gasteiger partial charge is 0.347 e. The smallest absolute Gasteiger partial charge is 0.246 e. The Bertz CT molecular complexity index is 736. The van der Waals surface area contributed by atoms with Gasteiger partial charge >= 0.3 is 0 Å². The molecule has 7 nitrogen and oxygen atoms in total. The van der Waals surface area contributed by atoms with Crippen LogP contribution in [0, 0.1) is 0 Å². The Morgan fingerprint density at radius 2 is 1.88 bits per heavy atom. The lowest BCUT2D eigenvalue weighted by Crippen LogP contribution is -2.47. The molecule has 0 saturated carbocycles. The molecule has 26 heavy (non-hydrogen) atoms. The van der Waals surface area contributed by atoms with Crippen LogP contribution in [0.4, 0.5) is 5.95 Å². The van der Waals surface area contributed by atoms with Crippen LogP contribution in [0.5, 0.6) is 0 Å². The molecule has 1 amide bonds. The molecule has 0 atom stereocenters. The van der Waals surface area contributed by atoms with E-state index < -0.39 is 0 Å². The second kappa shape index (κ2) is 8.53. The number of amides is 1. The van der Waals surface area contributed by atoms with Crippen LogP contribution in [0.2, 0.25) is 0 Å². The monoisotopic (exact) mass is 352 g/mol. The van der Waals surface area contributed by atoms with Crippen molar-refractivity contribution in [3.8, 4) is 0 Å². The molecule has 0 aliphatic carbocycles. The van der Waals surface area contributed by atoms with E-state index in [1.165, 1.54) is 5.56 Å². The summed E-state index contributed by atoms with van der Waals surface area (Å²) in [4.78, 5) is 31.1. The van der Waals surface area contributed by atoms with Gasteiger partial charge in [0.05, 0.1) is 0 Å². The zero-order valence-electron chi connectivity index (χ0n) is 15.2. The molecule has 1 saturated heterocycles. The second-order valence-corrected chi connectivity index (χ2v) is 6.51. The number of aromatic nitrogens is 3. The number of hydrogen-bond donors (Lipinski definition) is 0. The number of rotatable bonds is 5. The van der Waals surface area contributed by atoms with Crippen LogP contribution in [-0.2, 0) is 11.3 Å². The normalized spacial score (nSPS) is 15.4. The third-order valence-corrected chi connectivity index (χ3v) is 4.29. The van der Waals surface area contributed by atoms with Crippen molar-refractivity contribution < 1.29 is 4.79 Å². The van der Waals surface area contributed by atoms with Crippen LogP contribution in [-0.4, -0.2) is 70.9 Å². The first-order valence-electron chi connectivity index (χ1n) is 8.69. The maximum atomic E-state index is 12.4. The van der Waals surface area contributed by atoms with E-state index in [0.717, 1.165) is 38.3 Å². The molecular formula is C19H24N6O. The lowest BCUT2D eigenvalue weighted by Gasteiger charge is -2.34. The molecule has 0 bridgehead atoms. The molecule has 1 aliphatic heterocycles. The van der Waals surface area contributed by atoms with E-state index in [2.05, 4.69) is 25.9 Å². The Morgan fingerprint density at radius 1 is 1.15 bits per heavy atom. The van der Waals surface area contributed by atoms with Crippen molar-refractivity contribution in [1.29, 1.82) is 0 Å². The average Bonchev–Trinajstić information content (AvgIpc) is 2.68. The van der Waals surface area contributed by atoms with Gasteiger partial charge in [-0.2, -0.15) is 0 Å². The van der Waals surface area contributed by atoms with Crippen molar-refractivity contribution >= 4 is 17.9 Å². The summed E-state index contributed by atoms with van der Waals surface area (Å²) in [6.45, 7) is 4.09. The zero-order valence-corrected chi connectivity index (χ0v) is 15.2. The van der Waals surface area contributed by atoms with Crippen molar-refractivity contribution in [2.24, 2.45) is 0 Å². The minimum atomic E-state index is 0.0303. The van der Waals surface area contributed by atoms with Crippen LogP contribution >= 0.6 is 0 Å². The maximum Gasteiger partial charge on any atom is 0.246 e. The van der Waals surface area contributed by atoms with Crippen molar-refractivity contribution in [1.82, 2.24) is 24.8 Å². The van der Waals surface area contributed by atoms with Gasteiger partial charge in [0.25, 0.3) is 0 Å². The minimum Gasteiger partial charge on any atom is -0.347 e. The average molecular weight is 352 g/mol. The molecule has 7 heteroatoms. The molecule has 2 aromatic heterocycles. The van der Waals surface area contributed by atoms with E-state index in [9.17, 15) is 4.79 Å². The predicted molar refractivity (Wildman–Crippen MR) is 101 cm³/mol. The maximum absolute atomic E-state index is 12.4. The molecular weight excluding hydrogens is 328 g/mol. The molecule has 3 rings (SSSR count). The van der Waals surface area contributed by atoms with Gasteiger partial charge in [0, 0.05) is 83.2 Å². The molecule has 2 aromatic rings. The highest BCUT2D eigenvalue weighted by Gasteiger charge is 2.19. The van der Waals surface area contributed by atoms with E-state index in [1.54, 1.807) is 30.7 Å². The first kappa shape index (κ1) is 18.0. The van der Waals surface area contributed by atoms with Gasteiger partial charge in [0.1, 0.15) is 0 Å². The van der Waals surface area contributed by atoms with Gasteiger partial charge in [-0.1, -0.05) is 6.07 Å². The minimum absolute atomic E-state index is 0.0303. The number of pyridine rings is 1. The number of hydrogen-bond acceptors (Lipinski definition) is 6. The van der Waals surface area contributed by atoms with Crippen LogP contribution in [0.25, 0.3) is 6.08 Å². The lowest BCUT2D eigenvalue weighted by atomic mass is 10.2. The molecule has 0 N–H and O–H groups in total. The lowest BCUT2D eigenvalue weighted by molar-refractivity contribution is -0.127. The van der Waals surface area contributed by atoms with Gasteiger partial charge in [-0.25, -0.2) is 9.97 Å². The van der Waals surface area contributed by atoms with Crippen molar-refractivity contribution in [2.45, 2.75) is 6.54 Å². The Hall–Kier alpha value is -2.80. The molecule has 0 aromatic carbocycles. The Morgan fingerprint density at radius 3 is 2.50 bits per heavy atom. The quantitative estimate of drug-likeness (QED) is 0.756. The highest BCUT2D eigenvalue weighted by atomic mass is 16.2. The summed E-state index contributed by atoms with van der Waals surface area (Å²) < 4.78 is 0. The van der Waals surface area contributed by atoms with E-state index in [-0.39, 0.29) is 5.91 Å². The number of piperazine rings is 1. The fourth-order valence-electron chi connectivity index (χ4n) is 2.80. The molecule has 0 spiro atoms. The summed E-state index contributed by atoms with van der Waals surface area (Å²) in [7, 11) is 3.78. The molecule has 0 radical (unpaired) electrons. The molecule has 0 unspecified atom stereocenters. The van der Waals surface area contributed by atoms with Gasteiger partial charge in [0.2, 0.25) is 11.9 Å². The van der Waals surface area contributed by atoms with Crippen molar-refractivity contribution in [3.63, 3.8) is 0 Å². The van der Waals surface area contributed by atoms with Crippen LogP contribution in [0.1, 0.15) is 11.1 Å². The summed E-state index contributed by atoms with van der Waals surface area (Å²) >= 11 is 0. The summed E-state index contributed by atoms with van der Waals surface area (Å²) in [5, 5.41) is 0. The first-order chi connectivity index (χ1) is 12.6. The predicted octanol–water partition coefficient (Wildman–Crippen LogP) is 1.30. The van der Waals surface area contributed by atoms with Gasteiger partial charge < -0.3 is 9.80 Å². The fraction of sp³-hybridized carbons (Fsp3) is 0.368. The Labute approximate surface area is 154 Å². The highest BCUT2D eigenvalue weighted by molar-refractivity contribution is 5.91. The molecule has 1 aliphatic rings. The van der Waals surface area contributed by atoms with Crippen molar-refractivity contribution in [3.05, 3.63) is 54.1 Å². The van der Waals surface area contributed by atoms with Gasteiger partial charge in [0.15, 0.2) is 0 Å². The fourth-order valence-corrected chi connectivity index (χ4v) is 2.80. The van der Waals surface area contributed by atoms with Crippen LogP contribution < -0.4 is 4.90 Å². The van der Waals surface area contributed by atoms with Gasteiger partial charge in [-0.05, 0) is 17.7 Å². The zero-order chi connectivity index (χ0) is 18.4. The van der Waals surface area contributed by atoms with Gasteiger partial charge in [-0.15, -0.1) is 0 Å². The third kappa shape index (κ3) is 4.86. The van der Waals surface area contributed by atoms with E-state index in [4.69, 9.17) is 0 Å². The highest BCUT2D eigenvalue weighted by Crippen LogP contribution is 2.09. The number of carbonyl (C=O) groups excluding carboxylic acids is 1. The number of anilines is 1. The summed E-state index contributed by atoms with van der Waals surface area (Å²) in [6.07, 6.45) is 10.5. The standard InChI is InChI=1S/C19H24N6O/c1-23(2)19-21-13-16(14-22-19)5-6-18(26)25-10-8-24(9-11-25)15-17-4-3-7-20-12-17/h3-7,12-14H,8-11,15H2,1-2H3/b6-5+. The summed E-state index contributed by atoms with van der Waals surface area (Å²) in [6, 6.07) is 4.03. The summed E-state index contributed by atoms with van der Waals surface area (Å²) in [5.74, 6) is 0.681. The van der Waals surface area contributed by atoms with Crippen LogP contribution in [0.3, 0.4) is 0 Å². The second-order valence-electron chi connectivity index (χ2n) is 6.51. The first-order valence-corrected chi connectivity index (χ1v) is 8.69.